The Bertz CT molecular complexity index is 1090. The Morgan fingerprint density at radius 1 is 1.00 bits per heavy atom. The fraction of sp³-hybridized carbons (Fsp3) is 0.375. The van der Waals surface area contributed by atoms with Gasteiger partial charge in [0.1, 0.15) is 11.4 Å². The number of hydrogen-bond donors (Lipinski definition) is 0. The average Bonchev–Trinajstić information content (AvgIpc) is 3.30. The normalized spacial score (nSPS) is 17.3. The predicted octanol–water partition coefficient (Wildman–Crippen LogP) is 4.91. The number of rotatable bonds is 5. The number of amides is 1. The third kappa shape index (κ3) is 5.24. The number of halogens is 1. The van der Waals surface area contributed by atoms with Gasteiger partial charge in [-0.25, -0.2) is 4.98 Å². The molecule has 2 aliphatic rings. The molecule has 0 saturated carbocycles. The first-order valence-corrected chi connectivity index (χ1v) is 12.2. The molecular weight excluding hydrogens is 462 g/mol. The van der Waals surface area contributed by atoms with Crippen LogP contribution >= 0.6 is 23.4 Å². The van der Waals surface area contributed by atoms with Crippen molar-refractivity contribution in [1.82, 2.24) is 14.9 Å². The van der Waals surface area contributed by atoms with Crippen LogP contribution in [0.5, 0.6) is 0 Å². The van der Waals surface area contributed by atoms with Gasteiger partial charge in [-0.05, 0) is 61.0 Å². The molecule has 33 heavy (non-hydrogen) atoms. The summed E-state index contributed by atoms with van der Waals surface area (Å²) in [5.41, 5.74) is 1.96. The predicted molar refractivity (Wildman–Crippen MR) is 125 cm³/mol. The van der Waals surface area contributed by atoms with Crippen LogP contribution in [0, 0.1) is 0 Å². The first-order valence-electron chi connectivity index (χ1n) is 11.0. The van der Waals surface area contributed by atoms with Crippen LogP contribution < -0.4 is 0 Å². The van der Waals surface area contributed by atoms with E-state index in [4.69, 9.17) is 30.5 Å². The maximum atomic E-state index is 12.7. The number of carbonyl (C=O) groups excluding carboxylic acids is 1. The highest BCUT2D eigenvalue weighted by molar-refractivity contribution is 7.99. The van der Waals surface area contributed by atoms with E-state index in [0.717, 1.165) is 34.9 Å². The van der Waals surface area contributed by atoms with E-state index in [1.165, 1.54) is 11.8 Å². The lowest BCUT2D eigenvalue weighted by atomic mass is 10.0. The maximum absolute atomic E-state index is 12.7. The van der Waals surface area contributed by atoms with E-state index in [9.17, 15) is 4.79 Å². The van der Waals surface area contributed by atoms with Crippen LogP contribution in [0.4, 0.5) is 0 Å². The van der Waals surface area contributed by atoms with Crippen LogP contribution in [-0.4, -0.2) is 60.3 Å². The first kappa shape index (κ1) is 22.4. The summed E-state index contributed by atoms with van der Waals surface area (Å²) >= 11 is 7.54. The van der Waals surface area contributed by atoms with Gasteiger partial charge < -0.3 is 18.8 Å². The van der Waals surface area contributed by atoms with E-state index >= 15 is 0 Å². The molecule has 2 aromatic heterocycles. The number of carbonyl (C=O) groups is 1. The highest BCUT2D eigenvalue weighted by Crippen LogP contribution is 2.39. The minimum absolute atomic E-state index is 0.0799. The molecule has 1 amide bonds. The Morgan fingerprint density at radius 3 is 2.42 bits per heavy atom. The third-order valence-corrected chi connectivity index (χ3v) is 6.98. The van der Waals surface area contributed by atoms with Crippen molar-refractivity contribution in [3.8, 4) is 11.3 Å². The zero-order valence-electron chi connectivity index (χ0n) is 18.0. The molecule has 0 aliphatic carbocycles. The van der Waals surface area contributed by atoms with E-state index in [0.29, 0.717) is 55.3 Å². The van der Waals surface area contributed by atoms with Gasteiger partial charge in [-0.2, -0.15) is 0 Å². The molecule has 5 rings (SSSR count). The van der Waals surface area contributed by atoms with Gasteiger partial charge >= 0.3 is 0 Å². The fourth-order valence-electron chi connectivity index (χ4n) is 3.89. The van der Waals surface area contributed by atoms with E-state index < -0.39 is 0 Å². The van der Waals surface area contributed by atoms with Crippen LogP contribution in [0.15, 0.2) is 57.0 Å². The van der Waals surface area contributed by atoms with Gasteiger partial charge in [0.05, 0.1) is 13.2 Å². The van der Waals surface area contributed by atoms with Crippen molar-refractivity contribution in [1.29, 1.82) is 0 Å². The summed E-state index contributed by atoms with van der Waals surface area (Å²) in [4.78, 5) is 24.8. The Kier molecular flexibility index (Phi) is 6.96. The quantitative estimate of drug-likeness (QED) is 0.508. The second-order valence-corrected chi connectivity index (χ2v) is 9.45. The SMILES string of the molecule is O=C(c1ccc(-c2nc(C3CCOCC3)oc2Sc2ccc(Cl)cc2)cn1)N1CCOCC1. The van der Waals surface area contributed by atoms with Gasteiger partial charge in [-0.15, -0.1) is 0 Å². The van der Waals surface area contributed by atoms with E-state index in [1.807, 2.05) is 30.3 Å². The van der Waals surface area contributed by atoms with Crippen LogP contribution in [0.3, 0.4) is 0 Å². The Hall–Kier alpha value is -2.39. The third-order valence-electron chi connectivity index (χ3n) is 5.76. The number of oxazole rings is 1. The van der Waals surface area contributed by atoms with Crippen LogP contribution in [0.1, 0.15) is 35.1 Å². The van der Waals surface area contributed by atoms with Crippen molar-refractivity contribution >= 4 is 29.3 Å². The topological polar surface area (TPSA) is 77.7 Å². The summed E-state index contributed by atoms with van der Waals surface area (Å²) < 4.78 is 17.1. The molecule has 2 aliphatic heterocycles. The summed E-state index contributed by atoms with van der Waals surface area (Å²) in [5, 5.41) is 1.39. The lowest BCUT2D eigenvalue weighted by Gasteiger charge is -2.26. The van der Waals surface area contributed by atoms with Crippen LogP contribution in [0.25, 0.3) is 11.3 Å². The molecule has 9 heteroatoms. The van der Waals surface area contributed by atoms with Crippen molar-refractivity contribution in [3.05, 3.63) is 59.2 Å². The van der Waals surface area contributed by atoms with Crippen molar-refractivity contribution in [2.75, 3.05) is 39.5 Å². The zero-order valence-corrected chi connectivity index (χ0v) is 19.6. The van der Waals surface area contributed by atoms with E-state index in [-0.39, 0.29) is 11.8 Å². The largest absolute Gasteiger partial charge is 0.433 e. The number of benzene rings is 1. The second-order valence-electron chi connectivity index (χ2n) is 7.97. The average molecular weight is 486 g/mol. The molecule has 0 unspecified atom stereocenters. The molecular formula is C24H24ClN3O4S. The van der Waals surface area contributed by atoms with Crippen molar-refractivity contribution in [2.45, 2.75) is 28.7 Å². The molecule has 172 valence electrons. The smallest absolute Gasteiger partial charge is 0.272 e. The zero-order chi connectivity index (χ0) is 22.6. The summed E-state index contributed by atoms with van der Waals surface area (Å²) in [6.07, 6.45) is 3.47. The lowest BCUT2D eigenvalue weighted by molar-refractivity contribution is 0.0299. The van der Waals surface area contributed by atoms with Crippen molar-refractivity contribution in [3.63, 3.8) is 0 Å². The minimum Gasteiger partial charge on any atom is -0.433 e. The molecule has 4 heterocycles. The van der Waals surface area contributed by atoms with Crippen molar-refractivity contribution in [2.24, 2.45) is 0 Å². The molecule has 2 saturated heterocycles. The van der Waals surface area contributed by atoms with Gasteiger partial charge in [-0.3, -0.25) is 9.78 Å². The molecule has 0 N–H and O–H groups in total. The molecule has 0 bridgehead atoms. The van der Waals surface area contributed by atoms with E-state index in [1.54, 1.807) is 17.2 Å². The Labute approximate surface area is 201 Å². The van der Waals surface area contributed by atoms with Crippen LogP contribution in [-0.2, 0) is 9.47 Å². The van der Waals surface area contributed by atoms with E-state index in [2.05, 4.69) is 4.98 Å². The van der Waals surface area contributed by atoms with Gasteiger partial charge in [0.15, 0.2) is 11.0 Å². The fourth-order valence-corrected chi connectivity index (χ4v) is 4.89. The highest BCUT2D eigenvalue weighted by Gasteiger charge is 2.26. The lowest BCUT2D eigenvalue weighted by Crippen LogP contribution is -2.41. The number of aromatic nitrogens is 2. The number of hydrogen-bond acceptors (Lipinski definition) is 7. The van der Waals surface area contributed by atoms with Gasteiger partial charge in [-0.1, -0.05) is 11.6 Å². The summed E-state index contributed by atoms with van der Waals surface area (Å²) in [7, 11) is 0. The first-order chi connectivity index (χ1) is 16.2. The minimum atomic E-state index is -0.0799. The van der Waals surface area contributed by atoms with Gasteiger partial charge in [0.25, 0.3) is 5.91 Å². The standard InChI is InChI=1S/C24H24ClN3O4S/c25-18-2-4-19(5-3-18)33-24-21(27-22(32-24)16-7-11-30-12-8-16)17-1-6-20(26-15-17)23(29)28-9-13-31-14-10-28/h1-6,15-16H,7-14H2. The molecule has 2 fully saturated rings. The summed E-state index contributed by atoms with van der Waals surface area (Å²) in [6, 6.07) is 11.3. The molecule has 0 atom stereocenters. The Morgan fingerprint density at radius 2 is 1.73 bits per heavy atom. The molecule has 3 aromatic rings. The number of morpholine rings is 1. The molecule has 7 nitrogen and oxygen atoms in total. The van der Waals surface area contributed by atoms with Gasteiger partial charge in [0, 0.05) is 53.9 Å². The highest BCUT2D eigenvalue weighted by atomic mass is 35.5. The summed E-state index contributed by atoms with van der Waals surface area (Å²) in [6.45, 7) is 3.71. The second kappa shape index (κ2) is 10.3. The van der Waals surface area contributed by atoms with Gasteiger partial charge in [0.2, 0.25) is 0 Å². The van der Waals surface area contributed by atoms with Crippen LogP contribution in [0.2, 0.25) is 5.02 Å². The number of pyridine rings is 1. The monoisotopic (exact) mass is 485 g/mol. The summed E-state index contributed by atoms with van der Waals surface area (Å²) in [5.74, 6) is 0.870. The number of nitrogens with zero attached hydrogens (tertiary/aromatic N) is 3. The molecule has 0 spiro atoms. The van der Waals surface area contributed by atoms with Crippen molar-refractivity contribution < 1.29 is 18.7 Å². The Balaban J connectivity index is 1.43. The molecule has 0 radical (unpaired) electrons. The molecule has 1 aromatic carbocycles. The maximum Gasteiger partial charge on any atom is 0.272 e. The number of ether oxygens (including phenoxy) is 2.